The van der Waals surface area contributed by atoms with Gasteiger partial charge in [0.25, 0.3) is 0 Å². The molecule has 1 aromatic heterocycles. The molecule has 0 bridgehead atoms. The maximum Gasteiger partial charge on any atom is 0.391 e. The molecule has 0 saturated carbocycles. The summed E-state index contributed by atoms with van der Waals surface area (Å²) < 4.78 is 43.9. The van der Waals surface area contributed by atoms with E-state index in [0.29, 0.717) is 27.8 Å². The Hall–Kier alpha value is -3.34. The molecule has 3 aromatic rings. The summed E-state index contributed by atoms with van der Waals surface area (Å²) in [6, 6.07) is 9.98. The first-order valence-corrected chi connectivity index (χ1v) is 10.5. The van der Waals surface area contributed by atoms with Crippen LogP contribution in [0.1, 0.15) is 12.8 Å². The third-order valence-corrected chi connectivity index (χ3v) is 5.86. The van der Waals surface area contributed by atoms with Gasteiger partial charge >= 0.3 is 12.2 Å². The number of benzene rings is 2. The van der Waals surface area contributed by atoms with Gasteiger partial charge in [-0.3, -0.25) is 0 Å². The van der Waals surface area contributed by atoms with E-state index in [1.807, 2.05) is 6.07 Å². The van der Waals surface area contributed by atoms with Crippen molar-refractivity contribution in [2.45, 2.75) is 19.0 Å². The topological polar surface area (TPSA) is 96.0 Å². The number of rotatable bonds is 4. The summed E-state index contributed by atoms with van der Waals surface area (Å²) in [4.78, 5) is 14.0. The van der Waals surface area contributed by atoms with Crippen LogP contribution in [0.4, 0.5) is 23.7 Å². The van der Waals surface area contributed by atoms with Crippen LogP contribution in [-0.4, -0.2) is 57.9 Å². The molecular weight excluding hydrogens is 461 g/mol. The first-order valence-electron chi connectivity index (χ1n) is 10.1. The molecule has 2 heterocycles. The van der Waals surface area contributed by atoms with Crippen molar-refractivity contribution in [2.24, 2.45) is 5.92 Å². The second-order valence-electron chi connectivity index (χ2n) is 7.58. The van der Waals surface area contributed by atoms with E-state index < -0.39 is 18.1 Å². The van der Waals surface area contributed by atoms with E-state index in [1.165, 1.54) is 12.0 Å². The molecule has 8 nitrogen and oxygen atoms in total. The fourth-order valence-electron chi connectivity index (χ4n) is 3.78. The average Bonchev–Trinajstić information content (AvgIpc) is 3.33. The molecular formula is C21H20ClF3N6O2. The monoisotopic (exact) mass is 480 g/mol. The number of hydrogen-bond donors (Lipinski definition) is 2. The minimum absolute atomic E-state index is 0.0378. The number of nitrogens with one attached hydrogen (secondary N) is 2. The summed E-state index contributed by atoms with van der Waals surface area (Å²) in [7, 11) is 1.52. The zero-order chi connectivity index (χ0) is 23.6. The second kappa shape index (κ2) is 9.26. The van der Waals surface area contributed by atoms with Crippen LogP contribution in [0.15, 0.2) is 36.4 Å². The lowest BCUT2D eigenvalue weighted by Crippen LogP contribution is -2.43. The van der Waals surface area contributed by atoms with E-state index in [2.05, 4.69) is 25.9 Å². The van der Waals surface area contributed by atoms with Crippen LogP contribution in [0, 0.1) is 5.92 Å². The Labute approximate surface area is 192 Å². The average molecular weight is 481 g/mol. The number of nitrogens with zero attached hydrogens (tertiary/aromatic N) is 4. The molecule has 1 saturated heterocycles. The Balaban J connectivity index is 1.56. The SMILES string of the molecule is COc1ccc(-c2ccc(NC(=O)N3CCC(C(F)(F)F)CC3)cc2-c2nn[nH]n2)cc1Cl. The predicted molar refractivity (Wildman–Crippen MR) is 116 cm³/mol. The fraction of sp³-hybridized carbons (Fsp3) is 0.333. The lowest BCUT2D eigenvalue weighted by atomic mass is 9.96. The number of aromatic amines is 1. The van der Waals surface area contributed by atoms with Crippen molar-refractivity contribution in [2.75, 3.05) is 25.5 Å². The molecule has 0 spiro atoms. The standard InChI is InChI=1S/C21H20ClF3N6O2/c1-33-18-5-2-12(10-17(18)22)15-4-3-14(11-16(15)19-27-29-30-28-19)26-20(32)31-8-6-13(7-9-31)21(23,24)25/h2-5,10-11,13H,6-9H2,1H3,(H,26,32)(H,27,28,29,30). The first kappa shape index (κ1) is 22.8. The number of piperidine rings is 1. The highest BCUT2D eigenvalue weighted by molar-refractivity contribution is 6.32. The largest absolute Gasteiger partial charge is 0.495 e. The van der Waals surface area contributed by atoms with Crippen LogP contribution >= 0.6 is 11.6 Å². The van der Waals surface area contributed by atoms with Gasteiger partial charge in [-0.25, -0.2) is 4.79 Å². The molecule has 1 aliphatic rings. The Morgan fingerprint density at radius 1 is 1.18 bits per heavy atom. The minimum atomic E-state index is -4.23. The molecule has 1 aliphatic heterocycles. The number of H-pyrrole nitrogens is 1. The van der Waals surface area contributed by atoms with Gasteiger partial charge in [-0.05, 0) is 53.4 Å². The number of anilines is 1. The van der Waals surface area contributed by atoms with Crippen LogP contribution in [0.25, 0.3) is 22.5 Å². The normalized spacial score (nSPS) is 14.9. The third-order valence-electron chi connectivity index (χ3n) is 5.56. The zero-order valence-corrected chi connectivity index (χ0v) is 18.2. The second-order valence-corrected chi connectivity index (χ2v) is 7.99. The number of tetrazole rings is 1. The van der Waals surface area contributed by atoms with Gasteiger partial charge in [0.15, 0.2) is 0 Å². The first-order chi connectivity index (χ1) is 15.8. The van der Waals surface area contributed by atoms with Crippen molar-refractivity contribution in [3.63, 3.8) is 0 Å². The Bertz CT molecular complexity index is 1130. The smallest absolute Gasteiger partial charge is 0.391 e. The summed E-state index contributed by atoms with van der Waals surface area (Å²) in [5.41, 5.74) is 2.54. The predicted octanol–water partition coefficient (Wildman–Crippen LogP) is 5.00. The molecule has 0 aliphatic carbocycles. The van der Waals surface area contributed by atoms with E-state index >= 15 is 0 Å². The van der Waals surface area contributed by atoms with Crippen LogP contribution in [0.5, 0.6) is 5.75 Å². The number of likely N-dealkylation sites (tertiary alicyclic amines) is 1. The molecule has 33 heavy (non-hydrogen) atoms. The van der Waals surface area contributed by atoms with E-state index in [-0.39, 0.29) is 25.9 Å². The van der Waals surface area contributed by atoms with Crippen molar-refractivity contribution in [1.82, 2.24) is 25.5 Å². The molecule has 0 atom stereocenters. The number of aromatic nitrogens is 4. The van der Waals surface area contributed by atoms with Crippen molar-refractivity contribution < 1.29 is 22.7 Å². The van der Waals surface area contributed by atoms with Crippen molar-refractivity contribution >= 4 is 23.3 Å². The number of methoxy groups -OCH3 is 1. The lowest BCUT2D eigenvalue weighted by Gasteiger charge is -2.32. The highest BCUT2D eigenvalue weighted by Gasteiger charge is 2.41. The van der Waals surface area contributed by atoms with E-state index in [4.69, 9.17) is 16.3 Å². The third kappa shape index (κ3) is 5.03. The maximum absolute atomic E-state index is 12.9. The summed E-state index contributed by atoms with van der Waals surface area (Å²) >= 11 is 6.27. The van der Waals surface area contributed by atoms with Gasteiger partial charge in [0, 0.05) is 24.3 Å². The van der Waals surface area contributed by atoms with Gasteiger partial charge in [-0.15, -0.1) is 10.2 Å². The maximum atomic E-state index is 12.9. The van der Waals surface area contributed by atoms with Gasteiger partial charge in [-0.1, -0.05) is 23.7 Å². The molecule has 4 rings (SSSR count). The summed E-state index contributed by atoms with van der Waals surface area (Å²) in [5.74, 6) is -0.541. The molecule has 174 valence electrons. The van der Waals surface area contributed by atoms with Gasteiger partial charge in [-0.2, -0.15) is 18.4 Å². The number of halogens is 4. The van der Waals surface area contributed by atoms with Gasteiger partial charge in [0.2, 0.25) is 5.82 Å². The van der Waals surface area contributed by atoms with Gasteiger partial charge in [0.05, 0.1) is 18.1 Å². The van der Waals surface area contributed by atoms with Crippen LogP contribution in [-0.2, 0) is 0 Å². The van der Waals surface area contributed by atoms with E-state index in [0.717, 1.165) is 11.1 Å². The molecule has 1 fully saturated rings. The Kier molecular flexibility index (Phi) is 6.41. The van der Waals surface area contributed by atoms with Crippen molar-refractivity contribution in [3.05, 3.63) is 41.4 Å². The number of urea groups is 1. The number of alkyl halides is 3. The highest BCUT2D eigenvalue weighted by atomic mass is 35.5. The summed E-state index contributed by atoms with van der Waals surface area (Å²) in [5, 5.41) is 17.2. The molecule has 0 unspecified atom stereocenters. The molecule has 2 amide bonds. The molecule has 2 N–H and O–H groups in total. The van der Waals surface area contributed by atoms with Gasteiger partial charge < -0.3 is 15.0 Å². The van der Waals surface area contributed by atoms with Crippen LogP contribution in [0.3, 0.4) is 0 Å². The Morgan fingerprint density at radius 3 is 2.55 bits per heavy atom. The van der Waals surface area contributed by atoms with Crippen LogP contribution < -0.4 is 10.1 Å². The summed E-state index contributed by atoms with van der Waals surface area (Å²) in [6.07, 6.45) is -4.45. The number of amides is 2. The Morgan fingerprint density at radius 2 is 1.94 bits per heavy atom. The highest BCUT2D eigenvalue weighted by Crippen LogP contribution is 2.37. The van der Waals surface area contributed by atoms with E-state index in [1.54, 1.807) is 30.3 Å². The molecule has 0 radical (unpaired) electrons. The minimum Gasteiger partial charge on any atom is -0.495 e. The van der Waals surface area contributed by atoms with Crippen LogP contribution in [0.2, 0.25) is 5.02 Å². The number of hydrogen-bond acceptors (Lipinski definition) is 5. The molecule has 12 heteroatoms. The zero-order valence-electron chi connectivity index (χ0n) is 17.5. The van der Waals surface area contributed by atoms with Crippen molar-refractivity contribution in [3.8, 4) is 28.3 Å². The fourth-order valence-corrected chi connectivity index (χ4v) is 4.04. The lowest BCUT2D eigenvalue weighted by molar-refractivity contribution is -0.183. The number of ether oxygens (including phenoxy) is 1. The number of carbonyl (C=O) groups excluding carboxylic acids is 1. The van der Waals surface area contributed by atoms with Gasteiger partial charge in [0.1, 0.15) is 5.75 Å². The number of carbonyl (C=O) groups is 1. The summed E-state index contributed by atoms with van der Waals surface area (Å²) in [6.45, 7) is 0.0757. The molecule has 2 aromatic carbocycles. The van der Waals surface area contributed by atoms with E-state index in [9.17, 15) is 18.0 Å². The van der Waals surface area contributed by atoms with Crippen molar-refractivity contribution in [1.29, 1.82) is 0 Å². The quantitative estimate of drug-likeness (QED) is 0.547.